The highest BCUT2D eigenvalue weighted by Gasteiger charge is 2.27. The van der Waals surface area contributed by atoms with E-state index in [0.717, 1.165) is 12.8 Å². The summed E-state index contributed by atoms with van der Waals surface area (Å²) in [4.78, 5) is 0. The Labute approximate surface area is 104 Å². The molecule has 16 heavy (non-hydrogen) atoms. The normalized spacial score (nSPS) is 12.3. The number of sulfonamides is 1. The van der Waals surface area contributed by atoms with Gasteiger partial charge in [0.05, 0.1) is 0 Å². The van der Waals surface area contributed by atoms with Crippen LogP contribution in [0.15, 0.2) is 9.63 Å². The fraction of sp³-hybridized carbons (Fsp3) is 0.750. The fourth-order valence-electron chi connectivity index (χ4n) is 1.25. The predicted octanol–water partition coefficient (Wildman–Crippen LogP) is 0.998. The van der Waals surface area contributed by atoms with Crippen molar-refractivity contribution in [3.8, 4) is 0 Å². The predicted molar refractivity (Wildman–Crippen MR) is 63.4 cm³/mol. The molecule has 0 N–H and O–H groups in total. The van der Waals surface area contributed by atoms with Gasteiger partial charge >= 0.3 is 0 Å². The number of nitrogens with zero attached hydrogens (tertiary/aromatic N) is 4. The molecule has 0 radical (unpaired) electrons. The Morgan fingerprint density at radius 3 is 2.56 bits per heavy atom. The van der Waals surface area contributed by atoms with E-state index in [4.69, 9.17) is 0 Å². The molecule has 0 aliphatic rings. The highest BCUT2D eigenvalue weighted by Crippen LogP contribution is 2.21. The van der Waals surface area contributed by atoms with Crippen LogP contribution in [-0.2, 0) is 17.1 Å². The number of hydrogen-bond donors (Lipinski definition) is 0. The summed E-state index contributed by atoms with van der Waals surface area (Å²) < 4.78 is 27.1. The lowest BCUT2D eigenvalue weighted by atomic mass is 10.3. The summed E-state index contributed by atoms with van der Waals surface area (Å²) in [7, 11) is -0.391. The Hall–Kier alpha value is -0.470. The van der Waals surface area contributed by atoms with Crippen LogP contribution in [-0.4, -0.2) is 41.3 Å². The van der Waals surface area contributed by atoms with Crippen LogP contribution >= 0.6 is 15.9 Å². The van der Waals surface area contributed by atoms with Crippen molar-refractivity contribution in [1.29, 1.82) is 0 Å². The number of rotatable bonds is 5. The Kier molecular flexibility index (Phi) is 4.45. The Bertz CT molecular complexity index is 437. The van der Waals surface area contributed by atoms with E-state index in [1.54, 1.807) is 14.1 Å². The SMILES string of the molecule is CCCCN(C)S(=O)(=O)c1c(Br)nnn1C. The van der Waals surface area contributed by atoms with Crippen molar-refractivity contribution in [2.75, 3.05) is 13.6 Å². The van der Waals surface area contributed by atoms with Gasteiger partial charge in [-0.2, -0.15) is 4.31 Å². The van der Waals surface area contributed by atoms with Crippen molar-refractivity contribution in [2.45, 2.75) is 24.8 Å². The molecule has 0 spiro atoms. The van der Waals surface area contributed by atoms with Gasteiger partial charge in [-0.1, -0.05) is 18.6 Å². The number of hydrogen-bond acceptors (Lipinski definition) is 4. The van der Waals surface area contributed by atoms with Crippen molar-refractivity contribution < 1.29 is 8.42 Å². The maximum atomic E-state index is 12.1. The number of aryl methyl sites for hydroxylation is 1. The van der Waals surface area contributed by atoms with Crippen molar-refractivity contribution >= 4 is 26.0 Å². The lowest BCUT2D eigenvalue weighted by molar-refractivity contribution is 0.450. The van der Waals surface area contributed by atoms with E-state index in [1.165, 1.54) is 8.99 Å². The first kappa shape index (κ1) is 13.6. The third-order valence-corrected chi connectivity index (χ3v) is 4.96. The largest absolute Gasteiger partial charge is 0.262 e. The second kappa shape index (κ2) is 5.24. The summed E-state index contributed by atoms with van der Waals surface area (Å²) >= 11 is 3.09. The average Bonchev–Trinajstić information content (AvgIpc) is 2.55. The van der Waals surface area contributed by atoms with Crippen LogP contribution in [0, 0.1) is 0 Å². The first-order valence-electron chi connectivity index (χ1n) is 4.92. The average molecular weight is 311 g/mol. The monoisotopic (exact) mass is 310 g/mol. The van der Waals surface area contributed by atoms with Crippen LogP contribution in [0.5, 0.6) is 0 Å². The Balaban J connectivity index is 3.02. The van der Waals surface area contributed by atoms with Gasteiger partial charge in [0.1, 0.15) is 0 Å². The van der Waals surface area contributed by atoms with E-state index in [0.29, 0.717) is 6.54 Å². The molecule has 6 nitrogen and oxygen atoms in total. The van der Waals surface area contributed by atoms with E-state index in [-0.39, 0.29) is 9.63 Å². The number of aromatic nitrogens is 3. The first-order valence-corrected chi connectivity index (χ1v) is 7.16. The standard InChI is InChI=1S/C8H15BrN4O2S/c1-4-5-6-12(2)16(14,15)8-7(9)10-11-13(8)3/h4-6H2,1-3H3. The quantitative estimate of drug-likeness (QED) is 0.813. The summed E-state index contributed by atoms with van der Waals surface area (Å²) in [5.74, 6) is 0. The molecule has 1 aromatic heterocycles. The molecular weight excluding hydrogens is 296 g/mol. The topological polar surface area (TPSA) is 68.1 Å². The molecule has 1 heterocycles. The summed E-state index contributed by atoms with van der Waals surface area (Å²) in [6, 6.07) is 0. The molecule has 0 unspecified atom stereocenters. The van der Waals surface area contributed by atoms with Gasteiger partial charge in [-0.05, 0) is 22.4 Å². The van der Waals surface area contributed by atoms with Gasteiger partial charge in [0.25, 0.3) is 10.0 Å². The van der Waals surface area contributed by atoms with Crippen LogP contribution in [0.4, 0.5) is 0 Å². The fourth-order valence-corrected chi connectivity index (χ4v) is 3.48. The molecule has 1 rings (SSSR count). The van der Waals surface area contributed by atoms with Crippen molar-refractivity contribution in [2.24, 2.45) is 7.05 Å². The van der Waals surface area contributed by atoms with Crippen LogP contribution in [0.2, 0.25) is 0 Å². The Morgan fingerprint density at radius 2 is 2.12 bits per heavy atom. The molecule has 92 valence electrons. The number of halogens is 1. The van der Waals surface area contributed by atoms with Gasteiger partial charge in [0.15, 0.2) is 4.60 Å². The zero-order valence-electron chi connectivity index (χ0n) is 9.51. The number of unbranched alkanes of at least 4 members (excludes halogenated alkanes) is 1. The first-order chi connectivity index (χ1) is 7.41. The van der Waals surface area contributed by atoms with Gasteiger partial charge in [-0.3, -0.25) is 0 Å². The molecule has 0 aliphatic heterocycles. The van der Waals surface area contributed by atoms with Crippen LogP contribution < -0.4 is 0 Å². The van der Waals surface area contributed by atoms with E-state index in [1.807, 2.05) is 6.92 Å². The van der Waals surface area contributed by atoms with Crippen molar-refractivity contribution in [3.05, 3.63) is 4.60 Å². The third-order valence-electron chi connectivity index (χ3n) is 2.22. The van der Waals surface area contributed by atoms with Crippen LogP contribution in [0.1, 0.15) is 19.8 Å². The zero-order chi connectivity index (χ0) is 12.3. The van der Waals surface area contributed by atoms with Gasteiger partial charge in [0.2, 0.25) is 5.03 Å². The molecule has 1 aromatic rings. The smallest absolute Gasteiger partial charge is 0.235 e. The lowest BCUT2D eigenvalue weighted by Crippen LogP contribution is -2.29. The minimum absolute atomic E-state index is 0.0890. The molecule has 0 bridgehead atoms. The van der Waals surface area contributed by atoms with Crippen molar-refractivity contribution in [1.82, 2.24) is 19.3 Å². The highest BCUT2D eigenvalue weighted by atomic mass is 79.9. The van der Waals surface area contributed by atoms with Crippen LogP contribution in [0.25, 0.3) is 0 Å². The maximum Gasteiger partial charge on any atom is 0.262 e. The molecule has 0 aromatic carbocycles. The van der Waals surface area contributed by atoms with Gasteiger partial charge in [0, 0.05) is 20.6 Å². The minimum Gasteiger partial charge on any atom is -0.235 e. The summed E-state index contributed by atoms with van der Waals surface area (Å²) in [5.41, 5.74) is 0. The van der Waals surface area contributed by atoms with Crippen molar-refractivity contribution in [3.63, 3.8) is 0 Å². The molecule has 8 heteroatoms. The summed E-state index contributed by atoms with van der Waals surface area (Å²) in [5, 5.41) is 7.42. The summed E-state index contributed by atoms with van der Waals surface area (Å²) in [6.07, 6.45) is 1.78. The van der Waals surface area contributed by atoms with E-state index >= 15 is 0 Å². The molecule has 0 amide bonds. The van der Waals surface area contributed by atoms with Crippen LogP contribution in [0.3, 0.4) is 0 Å². The lowest BCUT2D eigenvalue weighted by Gasteiger charge is -2.16. The second-order valence-electron chi connectivity index (χ2n) is 3.49. The maximum absolute atomic E-state index is 12.1. The minimum atomic E-state index is -3.50. The summed E-state index contributed by atoms with van der Waals surface area (Å²) in [6.45, 7) is 2.51. The molecule has 0 atom stereocenters. The Morgan fingerprint density at radius 1 is 1.50 bits per heavy atom. The molecule has 0 saturated heterocycles. The van der Waals surface area contributed by atoms with E-state index < -0.39 is 10.0 Å². The molecule has 0 fully saturated rings. The molecule has 0 saturated carbocycles. The van der Waals surface area contributed by atoms with E-state index in [2.05, 4.69) is 26.2 Å². The molecule has 0 aliphatic carbocycles. The highest BCUT2D eigenvalue weighted by molar-refractivity contribution is 9.10. The zero-order valence-corrected chi connectivity index (χ0v) is 11.9. The van der Waals surface area contributed by atoms with E-state index in [9.17, 15) is 8.42 Å². The van der Waals surface area contributed by atoms with Gasteiger partial charge < -0.3 is 0 Å². The molecular formula is C8H15BrN4O2S. The third kappa shape index (κ3) is 2.61. The van der Waals surface area contributed by atoms with Gasteiger partial charge in [-0.25, -0.2) is 13.1 Å². The second-order valence-corrected chi connectivity index (χ2v) is 6.20. The van der Waals surface area contributed by atoms with Gasteiger partial charge in [-0.15, -0.1) is 5.10 Å².